The molecule has 0 radical (unpaired) electrons. The van der Waals surface area contributed by atoms with Crippen molar-refractivity contribution < 1.29 is 19.4 Å². The quantitative estimate of drug-likeness (QED) is 0.867. The highest BCUT2D eigenvalue weighted by Gasteiger charge is 2.27. The maximum atomic E-state index is 12.1. The van der Waals surface area contributed by atoms with Crippen LogP contribution in [-0.4, -0.2) is 47.5 Å². The second kappa shape index (κ2) is 7.62. The maximum absolute atomic E-state index is 12.1. The van der Waals surface area contributed by atoms with E-state index in [-0.39, 0.29) is 6.54 Å². The van der Waals surface area contributed by atoms with Gasteiger partial charge in [0.25, 0.3) is 0 Å². The van der Waals surface area contributed by atoms with Crippen molar-refractivity contribution in [3.05, 3.63) is 47.5 Å². The molecular formula is C18H25NO4. The van der Waals surface area contributed by atoms with Gasteiger partial charge in [0.1, 0.15) is 5.60 Å². The van der Waals surface area contributed by atoms with E-state index in [0.29, 0.717) is 19.8 Å². The molecule has 1 atom stereocenters. The van der Waals surface area contributed by atoms with Gasteiger partial charge >= 0.3 is 6.09 Å². The average molecular weight is 319 g/mol. The van der Waals surface area contributed by atoms with Crippen LogP contribution in [0.5, 0.6) is 0 Å². The lowest BCUT2D eigenvalue weighted by atomic mass is 10.1. The molecule has 0 saturated heterocycles. The molecule has 1 aliphatic rings. The van der Waals surface area contributed by atoms with E-state index >= 15 is 0 Å². The summed E-state index contributed by atoms with van der Waals surface area (Å²) in [5, 5.41) is 9.93. The number of hydrogen-bond acceptors (Lipinski definition) is 4. The second-order valence-electron chi connectivity index (χ2n) is 6.73. The third-order valence-electron chi connectivity index (χ3n) is 3.28. The molecule has 23 heavy (non-hydrogen) atoms. The van der Waals surface area contributed by atoms with Gasteiger partial charge in [0, 0.05) is 6.54 Å². The summed E-state index contributed by atoms with van der Waals surface area (Å²) in [4.78, 5) is 13.6. The predicted molar refractivity (Wildman–Crippen MR) is 88.0 cm³/mol. The zero-order valence-corrected chi connectivity index (χ0v) is 14.0. The molecule has 1 N–H and O–H groups in total. The molecule has 0 saturated carbocycles. The standard InChI is InChI=1S/C18H25NO4/c1-18(2,3)23-17(21)19-10-15(9-16(20)11-19)13-22-12-14-7-5-4-6-8-14/h4-9,16,20H,10-13H2,1-3H3/t16-/m0/s1. The van der Waals surface area contributed by atoms with Crippen LogP contribution >= 0.6 is 0 Å². The first kappa shape index (κ1) is 17.5. The van der Waals surface area contributed by atoms with Crippen LogP contribution in [0.15, 0.2) is 42.0 Å². The number of aliphatic hydroxyl groups excluding tert-OH is 1. The van der Waals surface area contributed by atoms with Crippen LogP contribution in [0.4, 0.5) is 4.79 Å². The van der Waals surface area contributed by atoms with Crippen molar-refractivity contribution in [3.8, 4) is 0 Å². The summed E-state index contributed by atoms with van der Waals surface area (Å²) in [6.45, 7) is 7.02. The van der Waals surface area contributed by atoms with E-state index in [1.165, 1.54) is 4.90 Å². The maximum Gasteiger partial charge on any atom is 0.410 e. The zero-order chi connectivity index (χ0) is 16.9. The molecule has 1 aliphatic heterocycles. The van der Waals surface area contributed by atoms with Crippen molar-refractivity contribution in [2.45, 2.75) is 39.1 Å². The lowest BCUT2D eigenvalue weighted by Crippen LogP contribution is -2.44. The topological polar surface area (TPSA) is 59.0 Å². The van der Waals surface area contributed by atoms with Gasteiger partial charge in [0.2, 0.25) is 0 Å². The fourth-order valence-corrected chi connectivity index (χ4v) is 2.35. The average Bonchev–Trinajstić information content (AvgIpc) is 2.46. The minimum absolute atomic E-state index is 0.247. The number of carbonyl (C=O) groups excluding carboxylic acids is 1. The first-order valence-corrected chi connectivity index (χ1v) is 7.81. The summed E-state index contributed by atoms with van der Waals surface area (Å²) in [6.07, 6.45) is 0.656. The van der Waals surface area contributed by atoms with Gasteiger partial charge in [-0.25, -0.2) is 4.79 Å². The Kier molecular flexibility index (Phi) is 5.80. The highest BCUT2D eigenvalue weighted by molar-refractivity contribution is 5.69. The highest BCUT2D eigenvalue weighted by Crippen LogP contribution is 2.16. The number of benzene rings is 1. The molecule has 1 amide bonds. The number of amides is 1. The molecule has 126 valence electrons. The first-order valence-electron chi connectivity index (χ1n) is 7.81. The second-order valence-corrected chi connectivity index (χ2v) is 6.73. The van der Waals surface area contributed by atoms with Gasteiger partial charge in [0.05, 0.1) is 25.9 Å². The molecule has 0 aromatic heterocycles. The highest BCUT2D eigenvalue weighted by atomic mass is 16.6. The number of aliphatic hydroxyl groups is 1. The molecule has 5 nitrogen and oxygen atoms in total. The molecule has 1 aromatic carbocycles. The van der Waals surface area contributed by atoms with Gasteiger partial charge in [-0.3, -0.25) is 0 Å². The zero-order valence-electron chi connectivity index (χ0n) is 14.0. The van der Waals surface area contributed by atoms with Gasteiger partial charge in [0.15, 0.2) is 0 Å². The predicted octanol–water partition coefficient (Wildman–Crippen LogP) is 2.74. The van der Waals surface area contributed by atoms with Crippen LogP contribution < -0.4 is 0 Å². The molecule has 0 unspecified atom stereocenters. The molecule has 0 fully saturated rings. The van der Waals surface area contributed by atoms with Crippen molar-refractivity contribution in [2.24, 2.45) is 0 Å². The fourth-order valence-electron chi connectivity index (χ4n) is 2.35. The third-order valence-corrected chi connectivity index (χ3v) is 3.28. The minimum Gasteiger partial charge on any atom is -0.444 e. The Morgan fingerprint density at radius 1 is 1.26 bits per heavy atom. The van der Waals surface area contributed by atoms with E-state index in [4.69, 9.17) is 9.47 Å². The van der Waals surface area contributed by atoms with Gasteiger partial charge in [-0.05, 0) is 31.9 Å². The number of β-amino-alcohol motifs (C(OH)–C–C–N with tert-alkyl or cyclic N) is 1. The molecule has 1 heterocycles. The van der Waals surface area contributed by atoms with E-state index in [9.17, 15) is 9.90 Å². The van der Waals surface area contributed by atoms with E-state index in [2.05, 4.69) is 0 Å². The number of rotatable bonds is 4. The summed E-state index contributed by atoms with van der Waals surface area (Å²) in [5.74, 6) is 0. The summed E-state index contributed by atoms with van der Waals surface area (Å²) >= 11 is 0. The Labute approximate surface area is 137 Å². The SMILES string of the molecule is CC(C)(C)OC(=O)N1CC(COCc2ccccc2)=C[C@H](O)C1. The van der Waals surface area contributed by atoms with E-state index in [1.54, 1.807) is 6.08 Å². The Morgan fingerprint density at radius 3 is 2.61 bits per heavy atom. The smallest absolute Gasteiger partial charge is 0.410 e. The summed E-state index contributed by atoms with van der Waals surface area (Å²) in [7, 11) is 0. The van der Waals surface area contributed by atoms with Crippen molar-refractivity contribution in [1.82, 2.24) is 4.90 Å². The number of hydrogen-bond donors (Lipinski definition) is 1. The lowest BCUT2D eigenvalue weighted by Gasteiger charge is -2.32. The van der Waals surface area contributed by atoms with Crippen LogP contribution in [0.2, 0.25) is 0 Å². The molecule has 0 spiro atoms. The molecule has 0 bridgehead atoms. The van der Waals surface area contributed by atoms with Crippen molar-refractivity contribution in [3.63, 3.8) is 0 Å². The van der Waals surface area contributed by atoms with Crippen molar-refractivity contribution in [2.75, 3.05) is 19.7 Å². The largest absolute Gasteiger partial charge is 0.444 e. The van der Waals surface area contributed by atoms with Crippen LogP contribution in [0.1, 0.15) is 26.3 Å². The fraction of sp³-hybridized carbons (Fsp3) is 0.500. The van der Waals surface area contributed by atoms with E-state index in [1.807, 2.05) is 51.1 Å². The van der Waals surface area contributed by atoms with Gasteiger partial charge in [-0.1, -0.05) is 36.4 Å². The number of carbonyl (C=O) groups is 1. The van der Waals surface area contributed by atoms with Crippen LogP contribution in [0.3, 0.4) is 0 Å². The third kappa shape index (κ3) is 6.04. The van der Waals surface area contributed by atoms with Crippen molar-refractivity contribution >= 4 is 6.09 Å². The van der Waals surface area contributed by atoms with Gasteiger partial charge in [-0.15, -0.1) is 0 Å². The lowest BCUT2D eigenvalue weighted by molar-refractivity contribution is 0.0164. The van der Waals surface area contributed by atoms with Crippen LogP contribution in [-0.2, 0) is 16.1 Å². The van der Waals surface area contributed by atoms with Crippen molar-refractivity contribution in [1.29, 1.82) is 0 Å². The molecule has 0 aliphatic carbocycles. The van der Waals surface area contributed by atoms with Gasteiger partial charge < -0.3 is 19.5 Å². The summed E-state index contributed by atoms with van der Waals surface area (Å²) in [5.41, 5.74) is 1.42. The first-order chi connectivity index (χ1) is 10.8. The van der Waals surface area contributed by atoms with E-state index < -0.39 is 17.8 Å². The van der Waals surface area contributed by atoms with Crippen LogP contribution in [0, 0.1) is 0 Å². The normalized spacial score (nSPS) is 18.5. The molecule has 1 aromatic rings. The monoisotopic (exact) mass is 319 g/mol. The number of ether oxygens (including phenoxy) is 2. The Morgan fingerprint density at radius 2 is 1.96 bits per heavy atom. The minimum atomic E-state index is -0.688. The van der Waals surface area contributed by atoms with Gasteiger partial charge in [-0.2, -0.15) is 0 Å². The summed E-state index contributed by atoms with van der Waals surface area (Å²) in [6, 6.07) is 9.88. The Hall–Kier alpha value is -1.85. The Bertz CT molecular complexity index is 548. The molecular weight excluding hydrogens is 294 g/mol. The number of nitrogens with zero attached hydrogens (tertiary/aromatic N) is 1. The summed E-state index contributed by atoms with van der Waals surface area (Å²) < 4.78 is 11.0. The van der Waals surface area contributed by atoms with E-state index in [0.717, 1.165) is 11.1 Å². The molecule has 5 heteroatoms. The Balaban J connectivity index is 1.86. The molecule has 2 rings (SSSR count). The van der Waals surface area contributed by atoms with Crippen LogP contribution in [0.25, 0.3) is 0 Å².